The normalized spacial score (nSPS) is 21.3. The number of fused-ring (bicyclic) bond motifs is 2. The maximum Gasteiger partial charge on any atom is 0.00576 e. The van der Waals surface area contributed by atoms with Crippen molar-refractivity contribution in [3.05, 3.63) is 80.9 Å². The molecular weight excluding hydrogens is 288 g/mol. The second kappa shape index (κ2) is 5.77. The molecule has 0 nitrogen and oxygen atoms in total. The van der Waals surface area contributed by atoms with Crippen LogP contribution in [-0.2, 0) is 0 Å². The van der Waals surface area contributed by atoms with Gasteiger partial charge >= 0.3 is 0 Å². The highest BCUT2D eigenvalue weighted by Gasteiger charge is 2.28. The van der Waals surface area contributed by atoms with E-state index in [9.17, 15) is 0 Å². The summed E-state index contributed by atoms with van der Waals surface area (Å²) in [7, 11) is 0. The summed E-state index contributed by atoms with van der Waals surface area (Å²) >= 11 is 0. The molecule has 0 radical (unpaired) electrons. The lowest BCUT2D eigenvalue weighted by Gasteiger charge is -2.22. The summed E-state index contributed by atoms with van der Waals surface area (Å²) in [5.41, 5.74) is 12.0. The lowest BCUT2D eigenvalue weighted by Crippen LogP contribution is -2.05. The molecule has 0 saturated carbocycles. The van der Waals surface area contributed by atoms with E-state index in [2.05, 4.69) is 76.2 Å². The van der Waals surface area contributed by atoms with Crippen LogP contribution in [0.3, 0.4) is 0 Å². The predicted octanol–water partition coefficient (Wildman–Crippen LogP) is 6.78. The van der Waals surface area contributed by atoms with Gasteiger partial charge in [-0.15, -0.1) is 0 Å². The topological polar surface area (TPSA) is 0 Å². The van der Waals surface area contributed by atoms with Crippen LogP contribution in [0.1, 0.15) is 71.9 Å². The molecule has 2 atom stereocenters. The van der Waals surface area contributed by atoms with Crippen molar-refractivity contribution in [2.75, 3.05) is 0 Å². The highest BCUT2D eigenvalue weighted by Crippen LogP contribution is 2.46. The molecule has 0 spiro atoms. The Bertz CT molecular complexity index is 790. The summed E-state index contributed by atoms with van der Waals surface area (Å²) in [6.07, 6.45) is 7.26. The molecule has 0 aliphatic heterocycles. The lowest BCUT2D eigenvalue weighted by molar-refractivity contribution is 0.608. The van der Waals surface area contributed by atoms with E-state index in [-0.39, 0.29) is 0 Å². The summed E-state index contributed by atoms with van der Waals surface area (Å²) in [6.45, 7) is 9.14. The van der Waals surface area contributed by atoms with Gasteiger partial charge in [-0.25, -0.2) is 0 Å². The van der Waals surface area contributed by atoms with Gasteiger partial charge in [-0.1, -0.05) is 59.7 Å². The second-order valence-corrected chi connectivity index (χ2v) is 7.61. The first-order valence-corrected chi connectivity index (χ1v) is 9.11. The van der Waals surface area contributed by atoms with E-state index in [4.69, 9.17) is 0 Å². The van der Waals surface area contributed by atoms with Crippen molar-refractivity contribution in [2.24, 2.45) is 0 Å². The number of hydrogen-bond donors (Lipinski definition) is 0. The van der Waals surface area contributed by atoms with Gasteiger partial charge in [-0.2, -0.15) is 0 Å². The Morgan fingerprint density at radius 1 is 0.625 bits per heavy atom. The Morgan fingerprint density at radius 3 is 1.46 bits per heavy atom. The smallest absolute Gasteiger partial charge is 0.00576 e. The zero-order valence-corrected chi connectivity index (χ0v) is 15.2. The standard InChI is InChI=1S/C24H26/c1-15-7-5-9-19-13-17(3)21(23(15)19)11-12-22-18(4)14-20-10-6-8-16(2)24(20)22/h5-10,13-14,21-22H,11-12H2,1-4H3. The zero-order valence-electron chi connectivity index (χ0n) is 15.2. The molecule has 2 unspecified atom stereocenters. The van der Waals surface area contributed by atoms with Crippen LogP contribution < -0.4 is 0 Å². The van der Waals surface area contributed by atoms with Crippen LogP contribution in [0.4, 0.5) is 0 Å². The summed E-state index contributed by atoms with van der Waals surface area (Å²) in [4.78, 5) is 0. The molecule has 2 aliphatic carbocycles. The van der Waals surface area contributed by atoms with Crippen molar-refractivity contribution >= 4 is 12.2 Å². The van der Waals surface area contributed by atoms with Gasteiger partial charge < -0.3 is 0 Å². The van der Waals surface area contributed by atoms with Crippen LogP contribution in [0.2, 0.25) is 0 Å². The minimum Gasteiger partial charge on any atom is -0.0652 e. The molecule has 24 heavy (non-hydrogen) atoms. The Hall–Kier alpha value is -2.08. The van der Waals surface area contributed by atoms with Crippen LogP contribution in [0.5, 0.6) is 0 Å². The fraction of sp³-hybridized carbons (Fsp3) is 0.333. The van der Waals surface area contributed by atoms with Crippen molar-refractivity contribution < 1.29 is 0 Å². The molecule has 2 aliphatic rings. The summed E-state index contributed by atoms with van der Waals surface area (Å²) in [5, 5.41) is 0. The molecule has 0 aromatic heterocycles. The highest BCUT2D eigenvalue weighted by molar-refractivity contribution is 5.69. The van der Waals surface area contributed by atoms with Crippen molar-refractivity contribution in [2.45, 2.75) is 52.4 Å². The Morgan fingerprint density at radius 2 is 1.04 bits per heavy atom. The van der Waals surface area contributed by atoms with Crippen molar-refractivity contribution in [1.29, 1.82) is 0 Å². The molecule has 0 heterocycles. The minimum absolute atomic E-state index is 0.599. The van der Waals surface area contributed by atoms with Gasteiger partial charge in [0.05, 0.1) is 0 Å². The third-order valence-corrected chi connectivity index (χ3v) is 6.02. The van der Waals surface area contributed by atoms with Gasteiger partial charge in [0.15, 0.2) is 0 Å². The van der Waals surface area contributed by atoms with E-state index in [1.165, 1.54) is 46.2 Å². The van der Waals surface area contributed by atoms with E-state index >= 15 is 0 Å². The number of hydrogen-bond acceptors (Lipinski definition) is 0. The maximum atomic E-state index is 2.39. The monoisotopic (exact) mass is 314 g/mol. The summed E-state index contributed by atoms with van der Waals surface area (Å²) in [5.74, 6) is 1.20. The van der Waals surface area contributed by atoms with E-state index in [1.54, 1.807) is 11.1 Å². The second-order valence-electron chi connectivity index (χ2n) is 7.61. The van der Waals surface area contributed by atoms with Crippen LogP contribution >= 0.6 is 0 Å². The number of allylic oxidation sites excluding steroid dienone is 2. The van der Waals surface area contributed by atoms with Crippen LogP contribution in [0.15, 0.2) is 47.5 Å². The zero-order chi connectivity index (χ0) is 16.8. The summed E-state index contributed by atoms with van der Waals surface area (Å²) < 4.78 is 0. The van der Waals surface area contributed by atoms with Crippen molar-refractivity contribution in [3.8, 4) is 0 Å². The van der Waals surface area contributed by atoms with Gasteiger partial charge in [-0.05, 0) is 73.9 Å². The van der Waals surface area contributed by atoms with E-state index < -0.39 is 0 Å². The number of aryl methyl sites for hydroxylation is 2. The fourth-order valence-electron chi connectivity index (χ4n) is 4.83. The average Bonchev–Trinajstić information content (AvgIpc) is 3.03. The van der Waals surface area contributed by atoms with Crippen LogP contribution in [0.25, 0.3) is 12.2 Å². The molecule has 2 aromatic carbocycles. The molecule has 2 aromatic rings. The number of rotatable bonds is 3. The average molecular weight is 314 g/mol. The number of benzene rings is 2. The predicted molar refractivity (Wildman–Crippen MR) is 104 cm³/mol. The Balaban J connectivity index is 1.60. The van der Waals surface area contributed by atoms with Gasteiger partial charge in [0.2, 0.25) is 0 Å². The quantitative estimate of drug-likeness (QED) is 0.585. The van der Waals surface area contributed by atoms with Crippen molar-refractivity contribution in [3.63, 3.8) is 0 Å². The highest BCUT2D eigenvalue weighted by atomic mass is 14.3. The molecule has 0 bridgehead atoms. The first-order chi connectivity index (χ1) is 11.6. The maximum absolute atomic E-state index is 2.39. The third-order valence-electron chi connectivity index (χ3n) is 6.02. The van der Waals surface area contributed by atoms with Crippen molar-refractivity contribution in [1.82, 2.24) is 0 Å². The van der Waals surface area contributed by atoms with Gasteiger partial charge in [0.25, 0.3) is 0 Å². The van der Waals surface area contributed by atoms with Gasteiger partial charge in [-0.3, -0.25) is 0 Å². The Labute approximate surface area is 145 Å². The SMILES string of the molecule is CC1=Cc2cccc(C)c2C1CCC1C(C)=Cc2cccc(C)c21. The van der Waals surface area contributed by atoms with E-state index in [1.807, 2.05) is 0 Å². The molecule has 0 saturated heterocycles. The molecular formula is C24H26. The first kappa shape index (κ1) is 15.4. The summed E-state index contributed by atoms with van der Waals surface area (Å²) in [6, 6.07) is 13.4. The van der Waals surface area contributed by atoms with E-state index in [0.717, 1.165) is 0 Å². The largest absolute Gasteiger partial charge is 0.0652 e. The van der Waals surface area contributed by atoms with Crippen LogP contribution in [0, 0.1) is 13.8 Å². The Kier molecular flexibility index (Phi) is 3.72. The van der Waals surface area contributed by atoms with Gasteiger partial charge in [0.1, 0.15) is 0 Å². The first-order valence-electron chi connectivity index (χ1n) is 9.11. The molecule has 122 valence electrons. The third kappa shape index (κ3) is 2.36. The van der Waals surface area contributed by atoms with Gasteiger partial charge in [0, 0.05) is 11.8 Å². The molecule has 0 N–H and O–H groups in total. The molecule has 0 amide bonds. The van der Waals surface area contributed by atoms with Crippen LogP contribution in [-0.4, -0.2) is 0 Å². The molecule has 0 fully saturated rings. The fourth-order valence-corrected chi connectivity index (χ4v) is 4.83. The molecule has 0 heteroatoms. The minimum atomic E-state index is 0.599. The van der Waals surface area contributed by atoms with E-state index in [0.29, 0.717) is 11.8 Å². The molecule has 4 rings (SSSR count). The lowest BCUT2D eigenvalue weighted by atomic mass is 9.82.